The number of benzene rings is 1. The highest BCUT2D eigenvalue weighted by atomic mass is 15.2. The van der Waals surface area contributed by atoms with Crippen molar-refractivity contribution in [2.45, 2.75) is 20.3 Å². The van der Waals surface area contributed by atoms with E-state index in [-0.39, 0.29) is 0 Å². The standard InChI is InChI=1S/C18H15N5/c1-3-13-12(2)14(10-19)17-21-15-6-4-5-7-16(15)23(17)18(13)22-9-8-20-11-22/h4-9,11H,3H2,1-2H3. The fourth-order valence-electron chi connectivity index (χ4n) is 3.24. The van der Waals surface area contributed by atoms with Crippen LogP contribution in [-0.4, -0.2) is 18.9 Å². The molecule has 5 nitrogen and oxygen atoms in total. The van der Waals surface area contributed by atoms with Crippen molar-refractivity contribution in [3.05, 3.63) is 59.7 Å². The molecular formula is C18H15N5. The summed E-state index contributed by atoms with van der Waals surface area (Å²) in [6.07, 6.45) is 6.30. The molecule has 0 saturated heterocycles. The number of hydrogen-bond donors (Lipinski definition) is 0. The molecule has 0 unspecified atom stereocenters. The summed E-state index contributed by atoms with van der Waals surface area (Å²) in [6.45, 7) is 4.10. The van der Waals surface area contributed by atoms with E-state index in [9.17, 15) is 5.26 Å². The van der Waals surface area contributed by atoms with Crippen LogP contribution < -0.4 is 0 Å². The summed E-state index contributed by atoms with van der Waals surface area (Å²) in [6, 6.07) is 10.3. The number of hydrogen-bond acceptors (Lipinski definition) is 3. The van der Waals surface area contributed by atoms with Gasteiger partial charge in [-0.3, -0.25) is 8.97 Å². The number of rotatable bonds is 2. The maximum absolute atomic E-state index is 9.66. The van der Waals surface area contributed by atoms with Crippen LogP contribution in [0.2, 0.25) is 0 Å². The number of nitrogens with zero attached hydrogens (tertiary/aromatic N) is 5. The molecule has 4 rings (SSSR count). The Morgan fingerprint density at radius 3 is 2.78 bits per heavy atom. The lowest BCUT2D eigenvalue weighted by molar-refractivity contribution is 0.915. The molecule has 0 spiro atoms. The summed E-state index contributed by atoms with van der Waals surface area (Å²) in [5, 5.41) is 9.66. The van der Waals surface area contributed by atoms with Crippen LogP contribution in [0, 0.1) is 18.3 Å². The minimum Gasteiger partial charge on any atom is -0.291 e. The van der Waals surface area contributed by atoms with E-state index < -0.39 is 0 Å². The van der Waals surface area contributed by atoms with E-state index in [1.807, 2.05) is 42.0 Å². The van der Waals surface area contributed by atoms with Gasteiger partial charge in [0.1, 0.15) is 18.2 Å². The number of nitriles is 1. The number of pyridine rings is 1. The molecule has 0 fully saturated rings. The molecule has 112 valence electrons. The molecule has 5 heteroatoms. The van der Waals surface area contributed by atoms with Crippen LogP contribution in [0.5, 0.6) is 0 Å². The highest BCUT2D eigenvalue weighted by molar-refractivity contribution is 5.85. The Hall–Kier alpha value is -3.13. The summed E-state index contributed by atoms with van der Waals surface area (Å²) in [5.74, 6) is 1.00. The summed E-state index contributed by atoms with van der Waals surface area (Å²) < 4.78 is 4.06. The van der Waals surface area contributed by atoms with Gasteiger partial charge in [0, 0.05) is 12.4 Å². The predicted octanol–water partition coefficient (Wildman–Crippen LogP) is 3.42. The van der Waals surface area contributed by atoms with Crippen LogP contribution in [0.1, 0.15) is 23.6 Å². The van der Waals surface area contributed by atoms with Crippen molar-refractivity contribution in [1.82, 2.24) is 18.9 Å². The molecule has 0 radical (unpaired) electrons. The highest BCUT2D eigenvalue weighted by Crippen LogP contribution is 2.30. The zero-order valence-electron chi connectivity index (χ0n) is 13.0. The summed E-state index contributed by atoms with van der Waals surface area (Å²) >= 11 is 0. The molecule has 0 amide bonds. The van der Waals surface area contributed by atoms with Gasteiger partial charge in [0.05, 0.1) is 16.6 Å². The SMILES string of the molecule is CCc1c(C)c(C#N)c2nc3ccccc3n2c1-n1ccnc1. The Morgan fingerprint density at radius 2 is 2.09 bits per heavy atom. The molecule has 0 N–H and O–H groups in total. The Bertz CT molecular complexity index is 1060. The fourth-order valence-corrected chi connectivity index (χ4v) is 3.24. The monoisotopic (exact) mass is 301 g/mol. The lowest BCUT2D eigenvalue weighted by Crippen LogP contribution is -2.09. The third-order valence-corrected chi connectivity index (χ3v) is 4.31. The lowest BCUT2D eigenvalue weighted by atomic mass is 10.0. The molecule has 0 saturated carbocycles. The van der Waals surface area contributed by atoms with Gasteiger partial charge in [0.25, 0.3) is 0 Å². The number of aromatic nitrogens is 4. The van der Waals surface area contributed by atoms with Gasteiger partial charge in [-0.15, -0.1) is 0 Å². The Labute approximate surface area is 133 Å². The normalized spacial score (nSPS) is 11.2. The second kappa shape index (κ2) is 4.96. The van der Waals surface area contributed by atoms with Crippen LogP contribution in [0.25, 0.3) is 22.5 Å². The van der Waals surface area contributed by atoms with Crippen LogP contribution in [-0.2, 0) is 6.42 Å². The van der Waals surface area contributed by atoms with Crippen molar-refractivity contribution in [2.75, 3.05) is 0 Å². The number of fused-ring (bicyclic) bond motifs is 3. The van der Waals surface area contributed by atoms with Crippen molar-refractivity contribution in [3.63, 3.8) is 0 Å². The van der Waals surface area contributed by atoms with Crippen molar-refractivity contribution < 1.29 is 0 Å². The van der Waals surface area contributed by atoms with Crippen molar-refractivity contribution in [3.8, 4) is 11.9 Å². The molecule has 0 aliphatic carbocycles. The maximum atomic E-state index is 9.66. The van der Waals surface area contributed by atoms with Crippen LogP contribution in [0.15, 0.2) is 43.0 Å². The first-order chi connectivity index (χ1) is 11.3. The van der Waals surface area contributed by atoms with Crippen molar-refractivity contribution >= 4 is 16.7 Å². The molecule has 1 aromatic carbocycles. The summed E-state index contributed by atoms with van der Waals surface area (Å²) in [5.41, 5.74) is 5.35. The number of imidazole rings is 2. The Balaban J connectivity index is 2.32. The third-order valence-electron chi connectivity index (χ3n) is 4.31. The Morgan fingerprint density at radius 1 is 1.26 bits per heavy atom. The van der Waals surface area contributed by atoms with E-state index in [4.69, 9.17) is 4.98 Å². The summed E-state index contributed by atoms with van der Waals surface area (Å²) in [7, 11) is 0. The van der Waals surface area contributed by atoms with Gasteiger partial charge >= 0.3 is 0 Å². The fraction of sp³-hybridized carbons (Fsp3) is 0.167. The molecule has 0 bridgehead atoms. The van der Waals surface area contributed by atoms with Crippen molar-refractivity contribution in [1.29, 1.82) is 5.26 Å². The van der Waals surface area contributed by atoms with E-state index in [2.05, 4.69) is 22.4 Å². The van der Waals surface area contributed by atoms with Gasteiger partial charge in [-0.25, -0.2) is 9.97 Å². The van der Waals surface area contributed by atoms with Gasteiger partial charge in [0.2, 0.25) is 0 Å². The minimum atomic E-state index is 0.641. The molecule has 0 aliphatic rings. The van der Waals surface area contributed by atoms with Gasteiger partial charge in [-0.2, -0.15) is 5.26 Å². The van der Waals surface area contributed by atoms with Gasteiger partial charge in [-0.1, -0.05) is 19.1 Å². The van der Waals surface area contributed by atoms with Crippen LogP contribution in [0.3, 0.4) is 0 Å². The van der Waals surface area contributed by atoms with E-state index in [0.717, 1.165) is 34.4 Å². The lowest BCUT2D eigenvalue weighted by Gasteiger charge is -2.16. The van der Waals surface area contributed by atoms with E-state index in [1.54, 1.807) is 12.5 Å². The topological polar surface area (TPSA) is 58.9 Å². The predicted molar refractivity (Wildman–Crippen MR) is 88.7 cm³/mol. The smallest absolute Gasteiger partial charge is 0.157 e. The van der Waals surface area contributed by atoms with Crippen LogP contribution >= 0.6 is 0 Å². The average Bonchev–Trinajstić information content (AvgIpc) is 3.21. The Kier molecular flexibility index (Phi) is 2.91. The van der Waals surface area contributed by atoms with Crippen LogP contribution in [0.4, 0.5) is 0 Å². The van der Waals surface area contributed by atoms with E-state index in [1.165, 1.54) is 0 Å². The van der Waals surface area contributed by atoms with Gasteiger partial charge < -0.3 is 0 Å². The first kappa shape index (κ1) is 13.5. The molecular weight excluding hydrogens is 286 g/mol. The quantitative estimate of drug-likeness (QED) is 0.570. The zero-order valence-corrected chi connectivity index (χ0v) is 13.0. The zero-order chi connectivity index (χ0) is 16.0. The second-order valence-electron chi connectivity index (χ2n) is 5.50. The average molecular weight is 301 g/mol. The molecule has 4 aromatic rings. The highest BCUT2D eigenvalue weighted by Gasteiger charge is 2.20. The first-order valence-corrected chi connectivity index (χ1v) is 7.57. The van der Waals surface area contributed by atoms with Gasteiger partial charge in [0.15, 0.2) is 5.65 Å². The van der Waals surface area contributed by atoms with Gasteiger partial charge in [-0.05, 0) is 36.6 Å². The molecule has 3 aromatic heterocycles. The largest absolute Gasteiger partial charge is 0.291 e. The molecule has 3 heterocycles. The van der Waals surface area contributed by atoms with Crippen molar-refractivity contribution in [2.24, 2.45) is 0 Å². The summed E-state index contributed by atoms with van der Waals surface area (Å²) in [4.78, 5) is 8.88. The molecule has 23 heavy (non-hydrogen) atoms. The second-order valence-corrected chi connectivity index (χ2v) is 5.50. The van der Waals surface area contributed by atoms with E-state index >= 15 is 0 Å². The molecule has 0 aliphatic heterocycles. The van der Waals surface area contributed by atoms with E-state index in [0.29, 0.717) is 11.2 Å². The number of para-hydroxylation sites is 2. The minimum absolute atomic E-state index is 0.641. The maximum Gasteiger partial charge on any atom is 0.157 e. The first-order valence-electron chi connectivity index (χ1n) is 7.57. The molecule has 0 atom stereocenters. The third kappa shape index (κ3) is 1.78.